The van der Waals surface area contributed by atoms with Crippen LogP contribution in [0.4, 0.5) is 0 Å². The quantitative estimate of drug-likeness (QED) is 0.599. The molecule has 4 heteroatoms. The summed E-state index contributed by atoms with van der Waals surface area (Å²) in [6.45, 7) is 0. The normalized spacial score (nSPS) is 35.7. The van der Waals surface area contributed by atoms with Crippen molar-refractivity contribution in [1.29, 1.82) is 0 Å². The molecule has 1 aromatic carbocycles. The fraction of sp³-hybridized carbons (Fsp3) is 0.500. The van der Waals surface area contributed by atoms with Crippen LogP contribution in [0.2, 0.25) is 0 Å². The molecule has 1 aliphatic carbocycles. The molecule has 1 saturated carbocycles. The van der Waals surface area contributed by atoms with Gasteiger partial charge in [0, 0.05) is 9.97 Å². The number of halogens is 1. The summed E-state index contributed by atoms with van der Waals surface area (Å²) in [7, 11) is 0. The van der Waals surface area contributed by atoms with E-state index in [0.717, 1.165) is 18.4 Å². The molecular weight excluding hydrogens is 339 g/mol. The third-order valence-electron chi connectivity index (χ3n) is 3.92. The van der Waals surface area contributed by atoms with Gasteiger partial charge in [-0.15, -0.1) is 0 Å². The van der Waals surface area contributed by atoms with Crippen molar-refractivity contribution in [2.24, 2.45) is 5.92 Å². The minimum atomic E-state index is -0.0225. The largest absolute Gasteiger partial charge is 0.336 e. The van der Waals surface area contributed by atoms with E-state index in [1.165, 1.54) is 6.42 Å². The molecule has 1 saturated heterocycles. The lowest BCUT2D eigenvalue weighted by molar-refractivity contribution is -0.130. The van der Waals surface area contributed by atoms with Crippen LogP contribution < -0.4 is 10.6 Å². The Morgan fingerprint density at radius 3 is 2.72 bits per heavy atom. The molecule has 1 aromatic rings. The molecule has 0 bridgehead atoms. The second-order valence-electron chi connectivity index (χ2n) is 5.14. The van der Waals surface area contributed by atoms with Gasteiger partial charge < -0.3 is 5.32 Å². The standard InChI is InChI=1S/C14H17IN2O/c15-10-6-7-12-11(8-10)14(18)17-13(16-12)9-4-2-1-3-5-9/h1-5,10-13,16H,6-8H2,(H,17,18). The number of nitrogens with one attached hydrogen (secondary N) is 2. The van der Waals surface area contributed by atoms with Crippen LogP contribution in [0.15, 0.2) is 30.3 Å². The highest BCUT2D eigenvalue weighted by atomic mass is 127. The SMILES string of the molecule is O=C1NC(c2ccccc2)NC2CCC(I)CC12. The van der Waals surface area contributed by atoms with E-state index >= 15 is 0 Å². The van der Waals surface area contributed by atoms with Gasteiger partial charge in [0.25, 0.3) is 0 Å². The summed E-state index contributed by atoms with van der Waals surface area (Å²) in [5.74, 6) is 0.370. The molecule has 4 unspecified atom stereocenters. The number of fused-ring (bicyclic) bond motifs is 1. The first-order valence-corrected chi connectivity index (χ1v) is 7.74. The summed E-state index contributed by atoms with van der Waals surface area (Å²) >= 11 is 2.46. The summed E-state index contributed by atoms with van der Waals surface area (Å²) in [5, 5.41) is 6.69. The van der Waals surface area contributed by atoms with Gasteiger partial charge in [-0.05, 0) is 24.8 Å². The zero-order valence-electron chi connectivity index (χ0n) is 10.1. The van der Waals surface area contributed by atoms with Crippen LogP contribution in [0.1, 0.15) is 31.0 Å². The molecule has 0 spiro atoms. The van der Waals surface area contributed by atoms with Gasteiger partial charge in [0.2, 0.25) is 5.91 Å². The van der Waals surface area contributed by atoms with E-state index < -0.39 is 0 Å². The summed E-state index contributed by atoms with van der Waals surface area (Å²) in [5.41, 5.74) is 1.14. The predicted octanol–water partition coefficient (Wildman–Crippen LogP) is 2.38. The van der Waals surface area contributed by atoms with E-state index in [4.69, 9.17) is 0 Å². The average molecular weight is 356 g/mol. The highest BCUT2D eigenvalue weighted by Crippen LogP contribution is 2.33. The molecule has 4 atom stereocenters. The Balaban J connectivity index is 1.77. The van der Waals surface area contributed by atoms with Crippen LogP contribution in [0.25, 0.3) is 0 Å². The first kappa shape index (κ1) is 12.4. The van der Waals surface area contributed by atoms with Gasteiger partial charge in [-0.1, -0.05) is 52.9 Å². The minimum Gasteiger partial charge on any atom is -0.336 e. The van der Waals surface area contributed by atoms with Gasteiger partial charge in [0.05, 0.1) is 5.92 Å². The summed E-state index contributed by atoms with van der Waals surface area (Å²) in [6, 6.07) is 10.5. The molecule has 2 N–H and O–H groups in total. The molecule has 1 heterocycles. The number of hydrogen-bond acceptors (Lipinski definition) is 2. The van der Waals surface area contributed by atoms with E-state index in [-0.39, 0.29) is 18.0 Å². The van der Waals surface area contributed by atoms with Crippen molar-refractivity contribution in [2.45, 2.75) is 35.4 Å². The van der Waals surface area contributed by atoms with Gasteiger partial charge in [-0.2, -0.15) is 0 Å². The Morgan fingerprint density at radius 1 is 1.17 bits per heavy atom. The van der Waals surface area contributed by atoms with E-state index in [9.17, 15) is 4.79 Å². The van der Waals surface area contributed by atoms with Gasteiger partial charge in [-0.3, -0.25) is 10.1 Å². The topological polar surface area (TPSA) is 41.1 Å². The highest BCUT2D eigenvalue weighted by molar-refractivity contribution is 14.1. The number of alkyl halides is 1. The molecule has 1 amide bonds. The first-order valence-electron chi connectivity index (χ1n) is 6.49. The molecule has 96 valence electrons. The third-order valence-corrected chi connectivity index (χ3v) is 5.05. The number of benzene rings is 1. The van der Waals surface area contributed by atoms with E-state index in [0.29, 0.717) is 9.97 Å². The van der Waals surface area contributed by atoms with Crippen LogP contribution in [-0.4, -0.2) is 15.9 Å². The predicted molar refractivity (Wildman–Crippen MR) is 79.4 cm³/mol. The Kier molecular flexibility index (Phi) is 3.56. The average Bonchev–Trinajstić information content (AvgIpc) is 2.40. The van der Waals surface area contributed by atoms with Crippen molar-refractivity contribution < 1.29 is 4.79 Å². The van der Waals surface area contributed by atoms with E-state index in [1.54, 1.807) is 0 Å². The van der Waals surface area contributed by atoms with Crippen LogP contribution >= 0.6 is 22.6 Å². The van der Waals surface area contributed by atoms with Crippen molar-refractivity contribution in [3.63, 3.8) is 0 Å². The maximum absolute atomic E-state index is 12.2. The lowest BCUT2D eigenvalue weighted by atomic mass is 9.82. The molecule has 2 aliphatic rings. The zero-order chi connectivity index (χ0) is 12.5. The number of rotatable bonds is 1. The zero-order valence-corrected chi connectivity index (χ0v) is 12.3. The second-order valence-corrected chi connectivity index (χ2v) is 6.90. The number of carbonyl (C=O) groups is 1. The molecule has 2 fully saturated rings. The molecule has 18 heavy (non-hydrogen) atoms. The number of carbonyl (C=O) groups excluding carboxylic acids is 1. The monoisotopic (exact) mass is 356 g/mol. The Bertz CT molecular complexity index is 437. The van der Waals surface area contributed by atoms with E-state index in [2.05, 4.69) is 45.4 Å². The maximum Gasteiger partial charge on any atom is 0.226 e. The van der Waals surface area contributed by atoms with E-state index in [1.807, 2.05) is 18.2 Å². The smallest absolute Gasteiger partial charge is 0.226 e. The van der Waals surface area contributed by atoms with Crippen molar-refractivity contribution >= 4 is 28.5 Å². The molecular formula is C14H17IN2O. The molecule has 3 nitrogen and oxygen atoms in total. The number of hydrogen-bond donors (Lipinski definition) is 2. The molecule has 0 aromatic heterocycles. The maximum atomic E-state index is 12.2. The van der Waals surface area contributed by atoms with Gasteiger partial charge in [0.15, 0.2) is 0 Å². The number of amides is 1. The fourth-order valence-electron chi connectivity index (χ4n) is 2.94. The van der Waals surface area contributed by atoms with Gasteiger partial charge in [-0.25, -0.2) is 0 Å². The van der Waals surface area contributed by atoms with Gasteiger partial charge in [0.1, 0.15) is 6.17 Å². The van der Waals surface area contributed by atoms with Crippen molar-refractivity contribution in [3.8, 4) is 0 Å². The Morgan fingerprint density at radius 2 is 1.94 bits per heavy atom. The van der Waals surface area contributed by atoms with Crippen LogP contribution in [0, 0.1) is 5.92 Å². The Labute approximate surface area is 121 Å². The molecule has 0 radical (unpaired) electrons. The van der Waals surface area contributed by atoms with Crippen molar-refractivity contribution in [1.82, 2.24) is 10.6 Å². The van der Waals surface area contributed by atoms with Crippen LogP contribution in [0.5, 0.6) is 0 Å². The fourth-order valence-corrected chi connectivity index (χ4v) is 3.85. The third kappa shape index (κ3) is 2.40. The summed E-state index contributed by atoms with van der Waals surface area (Å²) < 4.78 is 0.643. The minimum absolute atomic E-state index is 0.0225. The second kappa shape index (κ2) is 5.17. The van der Waals surface area contributed by atoms with Crippen LogP contribution in [-0.2, 0) is 4.79 Å². The van der Waals surface area contributed by atoms with Crippen molar-refractivity contribution in [3.05, 3.63) is 35.9 Å². The lowest BCUT2D eigenvalue weighted by Crippen LogP contribution is -2.58. The van der Waals surface area contributed by atoms with Crippen molar-refractivity contribution in [2.75, 3.05) is 0 Å². The van der Waals surface area contributed by atoms with Crippen LogP contribution in [0.3, 0.4) is 0 Å². The summed E-state index contributed by atoms with van der Waals surface area (Å²) in [6.07, 6.45) is 3.30. The first-order chi connectivity index (χ1) is 8.74. The van der Waals surface area contributed by atoms with Gasteiger partial charge >= 0.3 is 0 Å². The highest BCUT2D eigenvalue weighted by Gasteiger charge is 2.39. The molecule has 3 rings (SSSR count). The lowest BCUT2D eigenvalue weighted by Gasteiger charge is -2.41. The summed E-state index contributed by atoms with van der Waals surface area (Å²) in [4.78, 5) is 12.2. The molecule has 1 aliphatic heterocycles. The Hall–Kier alpha value is -0.620.